The van der Waals surface area contributed by atoms with Crippen molar-refractivity contribution >= 4 is 17.8 Å². The van der Waals surface area contributed by atoms with Gasteiger partial charge in [-0.25, -0.2) is 0 Å². The number of hydrogen-bond acceptors (Lipinski definition) is 5. The molecule has 0 saturated heterocycles. The highest BCUT2D eigenvalue weighted by atomic mass is 16.5. The molecule has 1 aliphatic rings. The van der Waals surface area contributed by atoms with Crippen molar-refractivity contribution in [3.63, 3.8) is 0 Å². The third kappa shape index (κ3) is 8.65. The molecule has 40 heavy (non-hydrogen) atoms. The van der Waals surface area contributed by atoms with Crippen molar-refractivity contribution in [2.45, 2.75) is 64.1 Å². The quantitative estimate of drug-likeness (QED) is 0.271. The first-order valence-electron chi connectivity index (χ1n) is 13.9. The standard InChI is InChI=1S/C33H42N2O5/c1-5-12-26(20-30(37)35-21-28-17-11-10-16-25(28)19-29(35)22-36)31(38)34-33(3,4)23-40-32(39)27(13-6-2)18-24-14-8-7-9-15-24/h5-11,14-17,26-27,29,36H,1-2,12-13,18-23H2,3-4H3,(H,34,38)/t26-,27-,29+/m1/s1. The van der Waals surface area contributed by atoms with Gasteiger partial charge in [-0.3, -0.25) is 14.4 Å². The van der Waals surface area contributed by atoms with Gasteiger partial charge in [0.25, 0.3) is 0 Å². The van der Waals surface area contributed by atoms with Gasteiger partial charge in [-0.05, 0) is 56.2 Å². The number of nitrogens with zero attached hydrogens (tertiary/aromatic N) is 1. The Morgan fingerprint density at radius 2 is 1.65 bits per heavy atom. The molecular formula is C33H42N2O5. The van der Waals surface area contributed by atoms with E-state index in [1.54, 1.807) is 30.9 Å². The van der Waals surface area contributed by atoms with E-state index in [9.17, 15) is 19.5 Å². The van der Waals surface area contributed by atoms with Crippen LogP contribution < -0.4 is 5.32 Å². The Bertz CT molecular complexity index is 1180. The molecule has 0 aliphatic carbocycles. The Hall–Kier alpha value is -3.71. The summed E-state index contributed by atoms with van der Waals surface area (Å²) in [7, 11) is 0. The number of allylic oxidation sites excluding steroid dienone is 2. The zero-order valence-corrected chi connectivity index (χ0v) is 23.7. The SMILES string of the molecule is C=CC[C@H](CC(=O)N1Cc2ccccc2C[C@H]1CO)C(=O)NC(C)(C)COC(=O)[C@H](CC=C)Cc1ccccc1. The number of benzene rings is 2. The first-order valence-corrected chi connectivity index (χ1v) is 13.9. The zero-order chi connectivity index (χ0) is 29.1. The van der Waals surface area contributed by atoms with Gasteiger partial charge in [-0.1, -0.05) is 66.7 Å². The summed E-state index contributed by atoms with van der Waals surface area (Å²) in [6, 6.07) is 17.3. The molecule has 1 aliphatic heterocycles. The van der Waals surface area contributed by atoms with Crippen molar-refractivity contribution < 1.29 is 24.2 Å². The maximum Gasteiger partial charge on any atom is 0.309 e. The number of aliphatic hydroxyl groups excluding tert-OH is 1. The summed E-state index contributed by atoms with van der Waals surface area (Å²) in [5.74, 6) is -1.84. The number of carbonyl (C=O) groups is 3. The summed E-state index contributed by atoms with van der Waals surface area (Å²) in [5.41, 5.74) is 2.37. The van der Waals surface area contributed by atoms with E-state index in [1.807, 2.05) is 54.6 Å². The number of nitrogens with one attached hydrogen (secondary N) is 1. The average molecular weight is 547 g/mol. The maximum atomic E-state index is 13.4. The molecule has 214 valence electrons. The molecule has 2 amide bonds. The predicted octanol–water partition coefficient (Wildman–Crippen LogP) is 4.39. The number of fused-ring (bicyclic) bond motifs is 1. The van der Waals surface area contributed by atoms with Gasteiger partial charge in [-0.15, -0.1) is 13.2 Å². The van der Waals surface area contributed by atoms with Gasteiger partial charge in [0, 0.05) is 13.0 Å². The minimum atomic E-state index is -0.849. The zero-order valence-electron chi connectivity index (χ0n) is 23.7. The first-order chi connectivity index (χ1) is 19.2. The Morgan fingerprint density at radius 1 is 1.02 bits per heavy atom. The van der Waals surface area contributed by atoms with E-state index < -0.39 is 11.5 Å². The first kappa shape index (κ1) is 30.8. The number of esters is 1. The monoisotopic (exact) mass is 546 g/mol. The molecule has 1 heterocycles. The number of amides is 2. The third-order valence-electron chi connectivity index (χ3n) is 7.28. The number of aliphatic hydroxyl groups is 1. The van der Waals surface area contributed by atoms with Crippen LogP contribution in [0.1, 0.15) is 49.8 Å². The van der Waals surface area contributed by atoms with E-state index in [1.165, 1.54) is 0 Å². The minimum Gasteiger partial charge on any atom is -0.463 e. The molecule has 0 radical (unpaired) electrons. The van der Waals surface area contributed by atoms with Crippen LogP contribution >= 0.6 is 0 Å². The molecule has 7 nitrogen and oxygen atoms in total. The molecule has 0 spiro atoms. The van der Waals surface area contributed by atoms with Crippen LogP contribution in [0.25, 0.3) is 0 Å². The van der Waals surface area contributed by atoms with E-state index in [-0.39, 0.29) is 49.4 Å². The fraction of sp³-hybridized carbons (Fsp3) is 0.424. The normalized spacial score (nSPS) is 16.3. The van der Waals surface area contributed by atoms with Crippen molar-refractivity contribution in [2.24, 2.45) is 11.8 Å². The van der Waals surface area contributed by atoms with Crippen LogP contribution in [0.5, 0.6) is 0 Å². The summed E-state index contributed by atoms with van der Waals surface area (Å²) in [6.45, 7) is 11.4. The van der Waals surface area contributed by atoms with Crippen molar-refractivity contribution in [2.75, 3.05) is 13.2 Å². The molecule has 7 heteroatoms. The second-order valence-electron chi connectivity index (χ2n) is 11.1. The number of hydrogen-bond donors (Lipinski definition) is 2. The highest BCUT2D eigenvalue weighted by Gasteiger charge is 2.33. The topological polar surface area (TPSA) is 95.9 Å². The lowest BCUT2D eigenvalue weighted by Gasteiger charge is -2.37. The van der Waals surface area contributed by atoms with E-state index in [0.29, 0.717) is 32.2 Å². The second-order valence-corrected chi connectivity index (χ2v) is 11.1. The molecule has 2 aromatic carbocycles. The lowest BCUT2D eigenvalue weighted by atomic mass is 9.92. The van der Waals surface area contributed by atoms with E-state index >= 15 is 0 Å². The summed E-state index contributed by atoms with van der Waals surface area (Å²) >= 11 is 0. The van der Waals surface area contributed by atoms with E-state index in [4.69, 9.17) is 4.74 Å². The Kier molecular flexibility index (Phi) is 11.3. The maximum absolute atomic E-state index is 13.4. The lowest BCUT2D eigenvalue weighted by molar-refractivity contribution is -0.151. The van der Waals surface area contributed by atoms with Crippen molar-refractivity contribution in [1.82, 2.24) is 10.2 Å². The third-order valence-corrected chi connectivity index (χ3v) is 7.28. The molecular weight excluding hydrogens is 504 g/mol. The van der Waals surface area contributed by atoms with Gasteiger partial charge in [-0.2, -0.15) is 0 Å². The molecule has 3 rings (SSSR count). The fourth-order valence-electron chi connectivity index (χ4n) is 5.06. The molecule has 3 atom stereocenters. The van der Waals surface area contributed by atoms with Gasteiger partial charge >= 0.3 is 5.97 Å². The van der Waals surface area contributed by atoms with Crippen LogP contribution in [-0.4, -0.2) is 52.6 Å². The highest BCUT2D eigenvalue weighted by molar-refractivity contribution is 5.86. The van der Waals surface area contributed by atoms with Crippen molar-refractivity contribution in [1.29, 1.82) is 0 Å². The molecule has 2 aromatic rings. The number of ether oxygens (including phenoxy) is 1. The second kappa shape index (κ2) is 14.6. The summed E-state index contributed by atoms with van der Waals surface area (Å²) in [6.07, 6.45) is 5.25. The lowest BCUT2D eigenvalue weighted by Crippen LogP contribution is -2.51. The average Bonchev–Trinajstić information content (AvgIpc) is 2.95. The predicted molar refractivity (Wildman–Crippen MR) is 156 cm³/mol. The Balaban J connectivity index is 1.59. The van der Waals surface area contributed by atoms with Gasteiger partial charge in [0.15, 0.2) is 0 Å². The van der Waals surface area contributed by atoms with Crippen molar-refractivity contribution in [3.8, 4) is 0 Å². The molecule has 2 N–H and O–H groups in total. The van der Waals surface area contributed by atoms with Crippen LogP contribution in [0.4, 0.5) is 0 Å². The van der Waals surface area contributed by atoms with Crippen molar-refractivity contribution in [3.05, 3.63) is 96.6 Å². The van der Waals surface area contributed by atoms with Gasteiger partial charge in [0.05, 0.1) is 30.0 Å². The minimum absolute atomic E-state index is 0.00906. The van der Waals surface area contributed by atoms with E-state index in [2.05, 4.69) is 18.5 Å². The van der Waals surface area contributed by atoms with Gasteiger partial charge in [0.2, 0.25) is 11.8 Å². The Morgan fingerprint density at radius 3 is 2.30 bits per heavy atom. The molecule has 0 fully saturated rings. The van der Waals surface area contributed by atoms with Gasteiger partial charge < -0.3 is 20.1 Å². The van der Waals surface area contributed by atoms with Crippen LogP contribution in [0.3, 0.4) is 0 Å². The Labute approximate surface area is 237 Å². The molecule has 0 aromatic heterocycles. The molecule has 0 saturated carbocycles. The fourth-order valence-corrected chi connectivity index (χ4v) is 5.06. The highest BCUT2D eigenvalue weighted by Crippen LogP contribution is 2.25. The van der Waals surface area contributed by atoms with Crippen LogP contribution in [-0.2, 0) is 38.5 Å². The van der Waals surface area contributed by atoms with E-state index in [0.717, 1.165) is 16.7 Å². The molecule has 0 bridgehead atoms. The molecule has 0 unspecified atom stereocenters. The van der Waals surface area contributed by atoms with Crippen LogP contribution in [0, 0.1) is 11.8 Å². The smallest absolute Gasteiger partial charge is 0.309 e. The van der Waals surface area contributed by atoms with Crippen LogP contribution in [0.15, 0.2) is 79.9 Å². The summed E-state index contributed by atoms with van der Waals surface area (Å²) in [5, 5.41) is 12.9. The summed E-state index contributed by atoms with van der Waals surface area (Å²) < 4.78 is 5.65. The summed E-state index contributed by atoms with van der Waals surface area (Å²) in [4.78, 5) is 41.2. The largest absolute Gasteiger partial charge is 0.463 e. The number of carbonyl (C=O) groups excluding carboxylic acids is 3. The van der Waals surface area contributed by atoms with Gasteiger partial charge in [0.1, 0.15) is 6.61 Å². The van der Waals surface area contributed by atoms with Crippen LogP contribution in [0.2, 0.25) is 0 Å². The number of rotatable bonds is 14.